The molecule has 6 heteroatoms. The molecule has 3 aromatic rings. The third-order valence-corrected chi connectivity index (χ3v) is 3.46. The van der Waals surface area contributed by atoms with E-state index in [9.17, 15) is 9.18 Å². The Labute approximate surface area is 132 Å². The van der Waals surface area contributed by atoms with Crippen molar-refractivity contribution in [1.29, 1.82) is 0 Å². The highest BCUT2D eigenvalue weighted by Gasteiger charge is 2.17. The van der Waals surface area contributed by atoms with E-state index in [1.54, 1.807) is 29.8 Å². The van der Waals surface area contributed by atoms with Crippen LogP contribution in [0, 0.1) is 5.82 Å². The number of halogens is 1. The fourth-order valence-corrected chi connectivity index (χ4v) is 2.36. The van der Waals surface area contributed by atoms with Crippen LogP contribution in [0.3, 0.4) is 0 Å². The van der Waals surface area contributed by atoms with Gasteiger partial charge in [-0.15, -0.1) is 0 Å². The number of carbonyl (C=O) groups excluding carboxylic acids is 1. The van der Waals surface area contributed by atoms with E-state index in [1.807, 2.05) is 18.2 Å². The number of hydrogen-bond donors (Lipinski definition) is 1. The first-order valence-electron chi connectivity index (χ1n) is 7.21. The number of imidazole rings is 1. The molecular weight excluding hydrogens is 297 g/mol. The zero-order valence-corrected chi connectivity index (χ0v) is 12.6. The number of nitrogens with one attached hydrogen (secondary N) is 1. The third-order valence-electron chi connectivity index (χ3n) is 3.46. The van der Waals surface area contributed by atoms with E-state index < -0.39 is 0 Å². The molecule has 0 aliphatic heterocycles. The average Bonchev–Trinajstić information content (AvgIpc) is 2.95. The number of ether oxygens (including phenoxy) is 1. The van der Waals surface area contributed by atoms with E-state index in [2.05, 4.69) is 10.3 Å². The normalized spacial score (nSPS) is 10.9. The minimum atomic E-state index is -0.310. The lowest BCUT2D eigenvalue weighted by molar-refractivity contribution is 0.0926. The van der Waals surface area contributed by atoms with Crippen molar-refractivity contribution in [3.05, 3.63) is 60.3 Å². The van der Waals surface area contributed by atoms with Crippen molar-refractivity contribution in [3.63, 3.8) is 0 Å². The number of methoxy groups -OCH3 is 1. The number of aromatic nitrogens is 2. The number of amides is 1. The summed E-state index contributed by atoms with van der Waals surface area (Å²) >= 11 is 0. The van der Waals surface area contributed by atoms with Gasteiger partial charge in [0.25, 0.3) is 5.91 Å². The zero-order valence-electron chi connectivity index (χ0n) is 12.6. The van der Waals surface area contributed by atoms with E-state index in [4.69, 9.17) is 4.74 Å². The number of benzene rings is 1. The summed E-state index contributed by atoms with van der Waals surface area (Å²) in [6.07, 6.45) is 1.78. The van der Waals surface area contributed by atoms with Gasteiger partial charge in [0.15, 0.2) is 0 Å². The SMILES string of the molecule is COCCNC(=O)c1nc(-c2ccc(F)cc2)c2ccccn12. The van der Waals surface area contributed by atoms with Crippen LogP contribution in [0.1, 0.15) is 10.6 Å². The number of hydrogen-bond acceptors (Lipinski definition) is 3. The number of fused-ring (bicyclic) bond motifs is 1. The number of carbonyl (C=O) groups is 1. The molecule has 1 amide bonds. The van der Waals surface area contributed by atoms with Crippen molar-refractivity contribution in [2.45, 2.75) is 0 Å². The van der Waals surface area contributed by atoms with E-state index in [1.165, 1.54) is 12.1 Å². The highest BCUT2D eigenvalue weighted by atomic mass is 19.1. The van der Waals surface area contributed by atoms with Gasteiger partial charge in [0.1, 0.15) is 5.82 Å². The molecule has 3 rings (SSSR count). The standard InChI is InChI=1S/C17H16FN3O2/c1-23-11-9-19-17(22)16-20-15(12-5-7-13(18)8-6-12)14-4-2-3-10-21(14)16/h2-8,10H,9,11H2,1H3,(H,19,22). The summed E-state index contributed by atoms with van der Waals surface area (Å²) in [5.41, 5.74) is 2.18. The molecule has 118 valence electrons. The maximum absolute atomic E-state index is 13.1. The van der Waals surface area contributed by atoms with Crippen LogP contribution in [0.4, 0.5) is 4.39 Å². The monoisotopic (exact) mass is 313 g/mol. The highest BCUT2D eigenvalue weighted by Crippen LogP contribution is 2.25. The summed E-state index contributed by atoms with van der Waals surface area (Å²) in [5, 5.41) is 2.76. The van der Waals surface area contributed by atoms with Gasteiger partial charge in [-0.05, 0) is 36.4 Å². The molecule has 0 aliphatic rings. The van der Waals surface area contributed by atoms with Crippen LogP contribution < -0.4 is 5.32 Å². The maximum Gasteiger partial charge on any atom is 0.287 e. The van der Waals surface area contributed by atoms with Gasteiger partial charge in [0.2, 0.25) is 5.82 Å². The van der Waals surface area contributed by atoms with Crippen molar-refractivity contribution in [2.24, 2.45) is 0 Å². The van der Waals surface area contributed by atoms with E-state index in [-0.39, 0.29) is 17.5 Å². The van der Waals surface area contributed by atoms with Crippen molar-refractivity contribution >= 4 is 11.4 Å². The summed E-state index contributed by atoms with van der Waals surface area (Å²) in [6.45, 7) is 0.836. The van der Waals surface area contributed by atoms with E-state index in [0.717, 1.165) is 11.1 Å². The van der Waals surface area contributed by atoms with E-state index >= 15 is 0 Å². The van der Waals surface area contributed by atoms with Gasteiger partial charge in [-0.2, -0.15) is 0 Å². The topological polar surface area (TPSA) is 55.6 Å². The Bertz CT molecular complexity index is 827. The second kappa shape index (κ2) is 6.58. The zero-order chi connectivity index (χ0) is 16.2. The van der Waals surface area contributed by atoms with Crippen LogP contribution in [-0.2, 0) is 4.74 Å². The Morgan fingerprint density at radius 1 is 1.26 bits per heavy atom. The Kier molecular flexibility index (Phi) is 4.34. The summed E-state index contributed by atoms with van der Waals surface area (Å²) in [6, 6.07) is 11.6. The summed E-state index contributed by atoms with van der Waals surface area (Å²) in [7, 11) is 1.57. The molecule has 5 nitrogen and oxygen atoms in total. The molecule has 0 radical (unpaired) electrons. The average molecular weight is 313 g/mol. The van der Waals surface area contributed by atoms with Gasteiger partial charge in [0.05, 0.1) is 17.8 Å². The van der Waals surface area contributed by atoms with Crippen LogP contribution in [-0.4, -0.2) is 35.6 Å². The minimum absolute atomic E-state index is 0.281. The number of pyridine rings is 1. The molecule has 23 heavy (non-hydrogen) atoms. The van der Waals surface area contributed by atoms with Gasteiger partial charge < -0.3 is 10.1 Å². The molecule has 2 aromatic heterocycles. The summed E-state index contributed by atoms with van der Waals surface area (Å²) in [4.78, 5) is 16.8. The van der Waals surface area contributed by atoms with Crippen LogP contribution in [0.15, 0.2) is 48.7 Å². The van der Waals surface area contributed by atoms with Crippen molar-refractivity contribution in [1.82, 2.24) is 14.7 Å². The lowest BCUT2D eigenvalue weighted by atomic mass is 10.1. The second-order valence-electron chi connectivity index (χ2n) is 5.00. The lowest BCUT2D eigenvalue weighted by Crippen LogP contribution is -2.28. The second-order valence-corrected chi connectivity index (χ2v) is 5.00. The molecule has 2 heterocycles. The largest absolute Gasteiger partial charge is 0.383 e. The molecular formula is C17H16FN3O2. The third kappa shape index (κ3) is 3.07. The molecule has 0 aliphatic carbocycles. The molecule has 0 spiro atoms. The van der Waals surface area contributed by atoms with Crippen molar-refractivity contribution in [2.75, 3.05) is 20.3 Å². The smallest absolute Gasteiger partial charge is 0.287 e. The van der Waals surface area contributed by atoms with Crippen LogP contribution in [0.2, 0.25) is 0 Å². The van der Waals surface area contributed by atoms with Gasteiger partial charge >= 0.3 is 0 Å². The minimum Gasteiger partial charge on any atom is -0.383 e. The van der Waals surface area contributed by atoms with Crippen LogP contribution >= 0.6 is 0 Å². The fraction of sp³-hybridized carbons (Fsp3) is 0.176. The Morgan fingerprint density at radius 3 is 2.78 bits per heavy atom. The van der Waals surface area contributed by atoms with E-state index in [0.29, 0.717) is 18.8 Å². The predicted octanol–water partition coefficient (Wildman–Crippen LogP) is 2.52. The molecule has 0 atom stereocenters. The molecule has 0 fully saturated rings. The Hall–Kier alpha value is -2.73. The highest BCUT2D eigenvalue weighted by molar-refractivity contribution is 5.94. The van der Waals surface area contributed by atoms with Crippen LogP contribution in [0.25, 0.3) is 16.8 Å². The lowest BCUT2D eigenvalue weighted by Gasteiger charge is -2.03. The number of nitrogens with zero attached hydrogens (tertiary/aromatic N) is 2. The first-order valence-corrected chi connectivity index (χ1v) is 7.21. The van der Waals surface area contributed by atoms with Crippen molar-refractivity contribution < 1.29 is 13.9 Å². The molecule has 1 N–H and O–H groups in total. The Morgan fingerprint density at radius 2 is 2.04 bits per heavy atom. The summed E-state index contributed by atoms with van der Waals surface area (Å²) < 4.78 is 19.8. The van der Waals surface area contributed by atoms with Gasteiger partial charge in [-0.1, -0.05) is 6.07 Å². The van der Waals surface area contributed by atoms with Crippen LogP contribution in [0.5, 0.6) is 0 Å². The molecule has 0 saturated heterocycles. The molecule has 1 aromatic carbocycles. The van der Waals surface area contributed by atoms with Gasteiger partial charge in [-0.3, -0.25) is 9.20 Å². The maximum atomic E-state index is 13.1. The molecule has 0 bridgehead atoms. The first kappa shape index (κ1) is 15.2. The Balaban J connectivity index is 2.03. The molecule has 0 saturated carbocycles. The van der Waals surface area contributed by atoms with Gasteiger partial charge in [0, 0.05) is 25.4 Å². The fourth-order valence-electron chi connectivity index (χ4n) is 2.36. The summed E-state index contributed by atoms with van der Waals surface area (Å²) in [5.74, 6) is -0.303. The van der Waals surface area contributed by atoms with Crippen molar-refractivity contribution in [3.8, 4) is 11.3 Å². The predicted molar refractivity (Wildman–Crippen MR) is 84.8 cm³/mol. The first-order chi connectivity index (χ1) is 11.2. The number of rotatable bonds is 5. The molecule has 0 unspecified atom stereocenters. The quantitative estimate of drug-likeness (QED) is 0.736. The van der Waals surface area contributed by atoms with Gasteiger partial charge in [-0.25, -0.2) is 9.37 Å².